The monoisotopic (exact) mass is 761 g/mol. The zero-order valence-electron chi connectivity index (χ0n) is 31.2. The minimum absolute atomic E-state index is 0.0470. The van der Waals surface area contributed by atoms with E-state index in [4.69, 9.17) is 37.9 Å². The molecule has 1 spiro atoms. The zero-order chi connectivity index (χ0) is 40.3. The lowest BCUT2D eigenvalue weighted by Gasteiger charge is -2.66. The molecule has 2 aliphatic heterocycles. The summed E-state index contributed by atoms with van der Waals surface area (Å²) in [6.07, 6.45) is -9.01. The Balaban J connectivity index is 1.97. The number of ketones is 1. The fraction of sp³-hybridized carbons (Fsp3) is 0.639. The summed E-state index contributed by atoms with van der Waals surface area (Å²) in [5.41, 5.74) is -10.2. The van der Waals surface area contributed by atoms with Crippen molar-refractivity contribution in [2.24, 2.45) is 17.3 Å². The molecule has 3 fully saturated rings. The van der Waals surface area contributed by atoms with Crippen LogP contribution in [0, 0.1) is 17.3 Å². The number of esters is 7. The Bertz CT molecular complexity index is 1790. The molecule has 3 heterocycles. The van der Waals surface area contributed by atoms with Crippen molar-refractivity contribution in [3.63, 3.8) is 0 Å². The maximum absolute atomic E-state index is 15.1. The molecule has 54 heavy (non-hydrogen) atoms. The number of ether oxygens (including phenoxy) is 8. The fourth-order valence-corrected chi connectivity index (χ4v) is 8.70. The van der Waals surface area contributed by atoms with E-state index >= 15 is 4.79 Å². The molecule has 1 aromatic heterocycles. The molecule has 4 bridgehead atoms. The molecule has 2 aliphatic carbocycles. The van der Waals surface area contributed by atoms with Crippen molar-refractivity contribution in [2.45, 2.75) is 116 Å². The van der Waals surface area contributed by atoms with Crippen molar-refractivity contribution in [1.82, 2.24) is 4.98 Å². The van der Waals surface area contributed by atoms with Crippen LogP contribution in [-0.4, -0.2) is 118 Å². The van der Waals surface area contributed by atoms with Crippen molar-refractivity contribution in [3.05, 3.63) is 29.6 Å². The molecule has 18 nitrogen and oxygen atoms in total. The van der Waals surface area contributed by atoms with Crippen LogP contribution in [0.2, 0.25) is 0 Å². The van der Waals surface area contributed by atoms with E-state index in [-0.39, 0.29) is 11.3 Å². The average Bonchev–Trinajstić information content (AvgIpc) is 3.30. The van der Waals surface area contributed by atoms with Crippen LogP contribution in [-0.2, 0) is 71.5 Å². The minimum Gasteiger partial charge on any atom is -0.465 e. The maximum Gasteiger partial charge on any atom is 0.340 e. The summed E-state index contributed by atoms with van der Waals surface area (Å²) in [6, 6.07) is 2.88. The number of carbonyl (C=O) groups excluding carboxylic acids is 8. The van der Waals surface area contributed by atoms with Crippen LogP contribution in [0.15, 0.2) is 18.3 Å². The minimum atomic E-state index is -2.82. The lowest BCUT2D eigenvalue weighted by Crippen LogP contribution is -2.88. The Morgan fingerprint density at radius 2 is 1.44 bits per heavy atom. The number of Topliss-reactive ketones (excluding diaryl/α,β-unsaturated/α-hetero) is 1. The molecular weight excluding hydrogens is 718 g/mol. The summed E-state index contributed by atoms with van der Waals surface area (Å²) in [5, 5.41) is 13.2. The van der Waals surface area contributed by atoms with Crippen molar-refractivity contribution >= 4 is 47.6 Å². The van der Waals surface area contributed by atoms with Gasteiger partial charge in [-0.1, -0.05) is 13.8 Å². The van der Waals surface area contributed by atoms with Gasteiger partial charge in [-0.15, -0.1) is 0 Å². The first kappa shape index (κ1) is 40.2. The van der Waals surface area contributed by atoms with Gasteiger partial charge in [-0.05, 0) is 26.0 Å². The average molecular weight is 762 g/mol. The number of nitrogens with zero attached hydrogens (tertiary/aromatic N) is 1. The van der Waals surface area contributed by atoms with E-state index in [0.29, 0.717) is 0 Å². The summed E-state index contributed by atoms with van der Waals surface area (Å²) < 4.78 is 47.3. The maximum atomic E-state index is 15.1. The summed E-state index contributed by atoms with van der Waals surface area (Å²) >= 11 is 0. The van der Waals surface area contributed by atoms with Gasteiger partial charge < -0.3 is 43.0 Å². The Hall–Kier alpha value is -4.97. The highest BCUT2D eigenvalue weighted by Crippen LogP contribution is 2.69. The third-order valence-electron chi connectivity index (χ3n) is 10.9. The third-order valence-corrected chi connectivity index (χ3v) is 10.9. The Morgan fingerprint density at radius 3 is 2.02 bits per heavy atom. The Kier molecular flexibility index (Phi) is 10.4. The van der Waals surface area contributed by atoms with Crippen LogP contribution >= 0.6 is 0 Å². The van der Waals surface area contributed by atoms with Gasteiger partial charge in [0, 0.05) is 46.7 Å². The number of hydrogen-bond donors (Lipinski definition) is 1. The summed E-state index contributed by atoms with van der Waals surface area (Å²) in [6.45, 7) is 8.38. The quantitative estimate of drug-likeness (QED) is 0.309. The van der Waals surface area contributed by atoms with E-state index in [1.54, 1.807) is 6.92 Å². The SMILES string of the molecule is CC(=O)OC[C@]12[C@H](OC(C)=O)C(=O)[C@@H]3[C@@H](OC(C)=O)[C@@]14O[C@@]3(C)COC(=O)c1cccnc1[C@@H](C)[C@H](C)C(=O)O[C@@H]([C@H](OC(C)=O)[C@@H]2OC(C)=O)C4(C)O. The van der Waals surface area contributed by atoms with Gasteiger partial charge in [0.15, 0.2) is 35.8 Å². The van der Waals surface area contributed by atoms with Crippen LogP contribution < -0.4 is 0 Å². The van der Waals surface area contributed by atoms with Crippen molar-refractivity contribution in [1.29, 1.82) is 0 Å². The normalized spacial score (nSPS) is 38.4. The van der Waals surface area contributed by atoms with E-state index in [0.717, 1.165) is 41.5 Å². The highest BCUT2D eigenvalue weighted by atomic mass is 16.7. The number of pyridine rings is 1. The van der Waals surface area contributed by atoms with Gasteiger partial charge in [0.2, 0.25) is 0 Å². The molecule has 2 saturated carbocycles. The molecule has 0 amide bonds. The molecule has 18 heteroatoms. The summed E-state index contributed by atoms with van der Waals surface area (Å²) in [7, 11) is 0. The van der Waals surface area contributed by atoms with Gasteiger partial charge in [-0.3, -0.25) is 38.5 Å². The second kappa shape index (κ2) is 14.0. The lowest BCUT2D eigenvalue weighted by atomic mass is 9.45. The van der Waals surface area contributed by atoms with Gasteiger partial charge in [0.25, 0.3) is 0 Å². The van der Waals surface area contributed by atoms with E-state index in [2.05, 4.69) is 4.98 Å². The zero-order valence-corrected chi connectivity index (χ0v) is 31.2. The first-order valence-corrected chi connectivity index (χ1v) is 17.2. The molecule has 294 valence electrons. The van der Waals surface area contributed by atoms with Gasteiger partial charge in [0.1, 0.15) is 35.9 Å². The van der Waals surface area contributed by atoms with E-state index in [9.17, 15) is 38.7 Å². The van der Waals surface area contributed by atoms with E-state index in [1.807, 2.05) is 0 Å². The van der Waals surface area contributed by atoms with Gasteiger partial charge in [0.05, 0.1) is 23.1 Å². The molecule has 1 aromatic rings. The van der Waals surface area contributed by atoms with Crippen LogP contribution in [0.5, 0.6) is 0 Å². The van der Waals surface area contributed by atoms with Gasteiger partial charge in [-0.25, -0.2) is 4.79 Å². The topological polar surface area (TPSA) is 244 Å². The van der Waals surface area contributed by atoms with Crippen LogP contribution in [0.1, 0.15) is 84.3 Å². The molecule has 1 saturated heterocycles. The highest BCUT2D eigenvalue weighted by Gasteiger charge is 2.91. The number of fused-ring (bicyclic) bond motifs is 5. The van der Waals surface area contributed by atoms with E-state index < -0.39 is 131 Å². The molecule has 0 aromatic carbocycles. The van der Waals surface area contributed by atoms with Crippen molar-refractivity contribution < 1.29 is 81.4 Å². The number of aliphatic hydroxyl groups is 1. The first-order chi connectivity index (χ1) is 25.1. The van der Waals surface area contributed by atoms with Gasteiger partial charge in [-0.2, -0.15) is 0 Å². The predicted octanol–water partition coefficient (Wildman–Crippen LogP) is 0.671. The molecular formula is C36H43NO17. The van der Waals surface area contributed by atoms with E-state index in [1.165, 1.54) is 32.2 Å². The summed E-state index contributed by atoms with van der Waals surface area (Å²) in [4.78, 5) is 112. The largest absolute Gasteiger partial charge is 0.465 e. The highest BCUT2D eigenvalue weighted by molar-refractivity contribution is 5.94. The Labute approximate surface area is 309 Å². The second-order valence-corrected chi connectivity index (χ2v) is 14.6. The van der Waals surface area contributed by atoms with Crippen LogP contribution in [0.3, 0.4) is 0 Å². The second-order valence-electron chi connectivity index (χ2n) is 14.6. The number of cyclic esters (lactones) is 1. The van der Waals surface area contributed by atoms with Gasteiger partial charge >= 0.3 is 41.8 Å². The molecule has 0 radical (unpaired) electrons. The van der Waals surface area contributed by atoms with Crippen molar-refractivity contribution in [2.75, 3.05) is 13.2 Å². The number of rotatable bonds is 6. The number of carbonyl (C=O) groups is 8. The predicted molar refractivity (Wildman–Crippen MR) is 175 cm³/mol. The molecule has 5 rings (SSSR count). The number of aromatic nitrogens is 1. The molecule has 4 aliphatic rings. The number of hydrogen-bond acceptors (Lipinski definition) is 18. The molecule has 12 atom stereocenters. The van der Waals surface area contributed by atoms with Crippen LogP contribution in [0.25, 0.3) is 0 Å². The molecule has 1 unspecified atom stereocenters. The summed E-state index contributed by atoms with van der Waals surface area (Å²) in [5.74, 6) is -12.0. The molecule has 1 N–H and O–H groups in total. The standard InChI is InChI=1S/C36H43NO17/c1-15-16(2)31(44)53-29-26(49-18(4)39)30(52-21(7)42)35(14-47-17(3)38)28(51-20(6)41)25(43)23-27(50-19(5)40)36(35,34(29,9)46)54-33(23,8)13-48-32(45)22-11-10-12-37-24(15)22/h10-12,15-16,23,26-30,46H,13-14H2,1-9H3/t15-,16-,23+,26-,27+,28+,29-,30-,33-,34?,35+,36-/m0/s1. The first-order valence-electron chi connectivity index (χ1n) is 17.2. The lowest BCUT2D eigenvalue weighted by molar-refractivity contribution is -0.376. The third kappa shape index (κ3) is 6.08. The van der Waals surface area contributed by atoms with Crippen molar-refractivity contribution in [3.8, 4) is 0 Å². The fourth-order valence-electron chi connectivity index (χ4n) is 8.70. The Morgan fingerprint density at radius 1 is 0.852 bits per heavy atom. The smallest absolute Gasteiger partial charge is 0.340 e. The van der Waals surface area contributed by atoms with Crippen LogP contribution in [0.4, 0.5) is 0 Å².